The van der Waals surface area contributed by atoms with Gasteiger partial charge in [-0.15, -0.1) is 5.06 Å². The van der Waals surface area contributed by atoms with Crippen molar-refractivity contribution in [3.05, 3.63) is 35.9 Å². The Bertz CT molecular complexity index is 674. The molecule has 1 aliphatic heterocycles. The lowest BCUT2D eigenvalue weighted by atomic mass is 10.1. The van der Waals surface area contributed by atoms with E-state index < -0.39 is 35.9 Å². The van der Waals surface area contributed by atoms with Crippen LogP contribution in [0.3, 0.4) is 0 Å². The highest BCUT2D eigenvalue weighted by Crippen LogP contribution is 2.17. The number of hydroxylamine groups is 2. The molecule has 0 aliphatic carbocycles. The molecule has 0 spiro atoms. The molecule has 1 aromatic carbocycles. The summed E-state index contributed by atoms with van der Waals surface area (Å²) in [5, 5.41) is 1.73. The van der Waals surface area contributed by atoms with E-state index in [-0.39, 0.29) is 24.3 Å². The zero-order valence-corrected chi connectivity index (χ0v) is 12.7. The van der Waals surface area contributed by atoms with Crippen LogP contribution in [0, 0.1) is 0 Å². The highest BCUT2D eigenvalue weighted by molar-refractivity contribution is 6.02. The highest BCUT2D eigenvalue weighted by atomic mass is 19.4. The third kappa shape index (κ3) is 4.78. The summed E-state index contributed by atoms with van der Waals surface area (Å²) in [4.78, 5) is 50.7. The largest absolute Gasteiger partial charge is 0.471 e. The van der Waals surface area contributed by atoms with Gasteiger partial charge in [0.05, 0.1) is 0 Å². The van der Waals surface area contributed by atoms with Gasteiger partial charge < -0.3 is 10.2 Å². The minimum absolute atomic E-state index is 0.162. The Morgan fingerprint density at radius 3 is 2.20 bits per heavy atom. The van der Waals surface area contributed by atoms with Crippen molar-refractivity contribution in [3.63, 3.8) is 0 Å². The Morgan fingerprint density at radius 1 is 1.12 bits per heavy atom. The minimum atomic E-state index is -5.20. The first kappa shape index (κ1) is 18.4. The van der Waals surface area contributed by atoms with Crippen molar-refractivity contribution in [2.45, 2.75) is 31.5 Å². The summed E-state index contributed by atoms with van der Waals surface area (Å²) in [5.41, 5.74) is 0.450. The molecule has 25 heavy (non-hydrogen) atoms. The van der Waals surface area contributed by atoms with E-state index in [1.165, 1.54) is 17.4 Å². The first-order valence-electron chi connectivity index (χ1n) is 7.17. The Labute approximate surface area is 139 Å². The summed E-state index contributed by atoms with van der Waals surface area (Å²) in [7, 11) is 0. The van der Waals surface area contributed by atoms with Gasteiger partial charge in [-0.3, -0.25) is 14.4 Å². The second-order valence-electron chi connectivity index (χ2n) is 5.21. The van der Waals surface area contributed by atoms with Gasteiger partial charge in [-0.25, -0.2) is 4.79 Å². The van der Waals surface area contributed by atoms with Crippen LogP contribution < -0.4 is 5.32 Å². The normalized spacial score (nSPS) is 15.9. The highest BCUT2D eigenvalue weighted by Gasteiger charge is 2.42. The monoisotopic (exact) mass is 358 g/mol. The van der Waals surface area contributed by atoms with E-state index >= 15 is 0 Å². The zero-order valence-electron chi connectivity index (χ0n) is 12.7. The van der Waals surface area contributed by atoms with Gasteiger partial charge in [-0.05, 0) is 5.56 Å². The second-order valence-corrected chi connectivity index (χ2v) is 5.21. The van der Waals surface area contributed by atoms with Crippen molar-refractivity contribution in [2.75, 3.05) is 0 Å². The van der Waals surface area contributed by atoms with Gasteiger partial charge >= 0.3 is 18.1 Å². The maximum Gasteiger partial charge on any atom is 0.471 e. The van der Waals surface area contributed by atoms with Crippen LogP contribution in [0.1, 0.15) is 18.4 Å². The number of carbonyl (C=O) groups excluding carboxylic acids is 4. The van der Waals surface area contributed by atoms with Gasteiger partial charge in [0.2, 0.25) is 0 Å². The van der Waals surface area contributed by atoms with Crippen LogP contribution in [-0.2, 0) is 30.4 Å². The lowest BCUT2D eigenvalue weighted by Crippen LogP contribution is -2.50. The number of carbonyl (C=O) groups is 4. The molecule has 1 N–H and O–H groups in total. The molecule has 134 valence electrons. The summed E-state index contributed by atoms with van der Waals surface area (Å²) < 4.78 is 37.4. The fraction of sp³-hybridized carbons (Fsp3) is 0.333. The second kappa shape index (κ2) is 7.32. The fourth-order valence-electron chi connectivity index (χ4n) is 2.09. The number of hydrogen-bond donors (Lipinski definition) is 1. The number of imide groups is 1. The number of nitrogens with one attached hydrogen (secondary N) is 1. The molecule has 0 saturated carbocycles. The van der Waals surface area contributed by atoms with E-state index in [0.717, 1.165) is 0 Å². The number of halogens is 3. The van der Waals surface area contributed by atoms with Crippen molar-refractivity contribution in [2.24, 2.45) is 0 Å². The van der Waals surface area contributed by atoms with Crippen LogP contribution in [-0.4, -0.2) is 41.0 Å². The van der Waals surface area contributed by atoms with Crippen molar-refractivity contribution < 1.29 is 37.2 Å². The third-order valence-electron chi connectivity index (χ3n) is 3.32. The van der Waals surface area contributed by atoms with Gasteiger partial charge in [0, 0.05) is 19.3 Å². The molecule has 1 heterocycles. The molecule has 0 aromatic heterocycles. The number of alkyl halides is 3. The first-order chi connectivity index (χ1) is 11.7. The predicted molar refractivity (Wildman–Crippen MR) is 75.3 cm³/mol. The van der Waals surface area contributed by atoms with E-state index in [0.29, 0.717) is 5.56 Å². The smallest absolute Gasteiger partial charge is 0.334 e. The van der Waals surface area contributed by atoms with Gasteiger partial charge in [-0.2, -0.15) is 13.2 Å². The van der Waals surface area contributed by atoms with Gasteiger partial charge in [0.1, 0.15) is 6.04 Å². The van der Waals surface area contributed by atoms with Gasteiger partial charge in [0.25, 0.3) is 11.8 Å². The average molecular weight is 358 g/mol. The zero-order chi connectivity index (χ0) is 18.6. The molecule has 1 unspecified atom stereocenters. The van der Waals surface area contributed by atoms with Crippen LogP contribution in [0.5, 0.6) is 0 Å². The summed E-state index contributed by atoms with van der Waals surface area (Å²) in [6.45, 7) is 0. The summed E-state index contributed by atoms with van der Waals surface area (Å²) >= 11 is 0. The molecule has 1 aromatic rings. The van der Waals surface area contributed by atoms with Gasteiger partial charge in [0.15, 0.2) is 0 Å². The summed E-state index contributed by atoms with van der Waals surface area (Å²) in [6.07, 6.45) is -5.83. The SMILES string of the molecule is O=C(ON1C(=O)CCC1=O)C(Cc1ccccc1)NC(=O)C(F)(F)F. The standard InChI is InChI=1S/C15H13F3N2O5/c16-15(17,18)14(24)19-10(8-9-4-2-1-3-5-9)13(23)25-20-11(21)6-7-12(20)22/h1-5,10H,6-8H2,(H,19,24). The first-order valence-corrected chi connectivity index (χ1v) is 7.17. The molecule has 7 nitrogen and oxygen atoms in total. The maximum atomic E-state index is 12.5. The maximum absolute atomic E-state index is 12.5. The molecule has 1 aliphatic rings. The Hall–Kier alpha value is -2.91. The van der Waals surface area contributed by atoms with Crippen molar-refractivity contribution >= 4 is 23.7 Å². The van der Waals surface area contributed by atoms with Crippen LogP contribution >= 0.6 is 0 Å². The van der Waals surface area contributed by atoms with Crippen LogP contribution in [0.2, 0.25) is 0 Å². The number of benzene rings is 1. The third-order valence-corrected chi connectivity index (χ3v) is 3.32. The van der Waals surface area contributed by atoms with Crippen molar-refractivity contribution in [1.29, 1.82) is 0 Å². The lowest BCUT2D eigenvalue weighted by molar-refractivity contribution is -0.200. The molecular formula is C15H13F3N2O5. The molecule has 0 radical (unpaired) electrons. The van der Waals surface area contributed by atoms with E-state index in [1.54, 1.807) is 18.2 Å². The number of nitrogens with zero attached hydrogens (tertiary/aromatic N) is 1. The average Bonchev–Trinajstić information content (AvgIpc) is 2.86. The van der Waals surface area contributed by atoms with E-state index in [9.17, 15) is 32.3 Å². The fourth-order valence-corrected chi connectivity index (χ4v) is 2.09. The predicted octanol–water partition coefficient (Wildman–Crippen LogP) is 0.883. The van der Waals surface area contributed by atoms with Gasteiger partial charge in [-0.1, -0.05) is 30.3 Å². The summed E-state index contributed by atoms with van der Waals surface area (Å²) in [6, 6.07) is 6.19. The van der Waals surface area contributed by atoms with E-state index in [1.807, 2.05) is 0 Å². The Balaban J connectivity index is 2.14. The van der Waals surface area contributed by atoms with Crippen LogP contribution in [0.4, 0.5) is 13.2 Å². The minimum Gasteiger partial charge on any atom is -0.334 e. The molecular weight excluding hydrogens is 345 g/mol. The quantitative estimate of drug-likeness (QED) is 0.789. The van der Waals surface area contributed by atoms with E-state index in [4.69, 9.17) is 0 Å². The molecule has 1 saturated heterocycles. The molecule has 3 amide bonds. The van der Waals surface area contributed by atoms with Crippen LogP contribution in [0.25, 0.3) is 0 Å². The van der Waals surface area contributed by atoms with Crippen molar-refractivity contribution in [3.8, 4) is 0 Å². The molecule has 1 fully saturated rings. The van der Waals surface area contributed by atoms with E-state index in [2.05, 4.69) is 4.84 Å². The number of rotatable bonds is 5. The Morgan fingerprint density at radius 2 is 1.68 bits per heavy atom. The summed E-state index contributed by atoms with van der Waals surface area (Å²) in [5.74, 6) is -5.23. The number of amides is 3. The molecule has 10 heteroatoms. The van der Waals surface area contributed by atoms with Crippen molar-refractivity contribution in [1.82, 2.24) is 10.4 Å². The van der Waals surface area contributed by atoms with Crippen LogP contribution in [0.15, 0.2) is 30.3 Å². The lowest BCUT2D eigenvalue weighted by Gasteiger charge is -2.20. The molecule has 1 atom stereocenters. The Kier molecular flexibility index (Phi) is 5.40. The topological polar surface area (TPSA) is 92.8 Å². The number of hydrogen-bond acceptors (Lipinski definition) is 5. The molecule has 0 bridgehead atoms. The molecule has 2 rings (SSSR count).